The van der Waals surface area contributed by atoms with E-state index in [0.29, 0.717) is 24.6 Å². The average molecular weight is 238 g/mol. The van der Waals surface area contributed by atoms with Crippen molar-refractivity contribution in [2.24, 2.45) is 5.73 Å². The van der Waals surface area contributed by atoms with Crippen LogP contribution in [-0.2, 0) is 4.79 Å². The average Bonchev–Trinajstić information content (AvgIpc) is 2.36. The third-order valence-corrected chi connectivity index (χ3v) is 2.17. The largest absolute Gasteiger partial charge is 0.497 e. The third kappa shape index (κ3) is 4.32. The Morgan fingerprint density at radius 1 is 1.47 bits per heavy atom. The molecule has 1 atom stereocenters. The SMILES string of the molecule is COc1cccc(OC(C)C(=O)NCCN)c1. The highest BCUT2D eigenvalue weighted by Crippen LogP contribution is 2.19. The molecule has 5 nitrogen and oxygen atoms in total. The molecule has 0 aliphatic carbocycles. The standard InChI is InChI=1S/C12H18N2O3/c1-9(12(15)14-7-6-13)17-11-5-3-4-10(8-11)16-2/h3-5,8-9H,6-7,13H2,1-2H3,(H,14,15). The Hall–Kier alpha value is -1.75. The fraction of sp³-hybridized carbons (Fsp3) is 0.417. The number of nitrogens with two attached hydrogens (primary N) is 1. The molecule has 1 rings (SSSR count). The van der Waals surface area contributed by atoms with Crippen molar-refractivity contribution in [3.05, 3.63) is 24.3 Å². The second-order valence-electron chi connectivity index (χ2n) is 3.52. The van der Waals surface area contributed by atoms with E-state index in [-0.39, 0.29) is 5.91 Å². The van der Waals surface area contributed by atoms with Crippen molar-refractivity contribution in [1.29, 1.82) is 0 Å². The van der Waals surface area contributed by atoms with E-state index in [1.165, 1.54) is 0 Å². The van der Waals surface area contributed by atoms with Crippen molar-refractivity contribution in [1.82, 2.24) is 5.32 Å². The molecule has 0 saturated carbocycles. The minimum atomic E-state index is -0.561. The van der Waals surface area contributed by atoms with Gasteiger partial charge in [-0.1, -0.05) is 6.07 Å². The molecule has 0 spiro atoms. The number of rotatable bonds is 6. The summed E-state index contributed by atoms with van der Waals surface area (Å²) in [5.74, 6) is 1.11. The maximum Gasteiger partial charge on any atom is 0.260 e. The Balaban J connectivity index is 2.54. The zero-order valence-electron chi connectivity index (χ0n) is 10.1. The van der Waals surface area contributed by atoms with Crippen LogP contribution in [0.1, 0.15) is 6.92 Å². The van der Waals surface area contributed by atoms with Gasteiger partial charge in [0.15, 0.2) is 6.10 Å². The van der Waals surface area contributed by atoms with Gasteiger partial charge in [-0.3, -0.25) is 4.79 Å². The van der Waals surface area contributed by atoms with Crippen LogP contribution < -0.4 is 20.5 Å². The molecule has 0 aliphatic heterocycles. The van der Waals surface area contributed by atoms with Gasteiger partial charge in [0.2, 0.25) is 0 Å². The zero-order valence-corrected chi connectivity index (χ0v) is 10.1. The summed E-state index contributed by atoms with van der Waals surface area (Å²) in [6, 6.07) is 7.12. The van der Waals surface area contributed by atoms with Crippen molar-refractivity contribution in [2.75, 3.05) is 20.2 Å². The molecule has 17 heavy (non-hydrogen) atoms. The monoisotopic (exact) mass is 238 g/mol. The number of ether oxygens (including phenoxy) is 2. The maximum absolute atomic E-state index is 11.5. The lowest BCUT2D eigenvalue weighted by Crippen LogP contribution is -2.38. The van der Waals surface area contributed by atoms with Gasteiger partial charge in [-0.05, 0) is 19.1 Å². The van der Waals surface area contributed by atoms with Crippen LogP contribution in [0, 0.1) is 0 Å². The Kier molecular flexibility index (Phi) is 5.29. The summed E-state index contributed by atoms with van der Waals surface area (Å²) in [4.78, 5) is 11.5. The molecule has 0 radical (unpaired) electrons. The summed E-state index contributed by atoms with van der Waals surface area (Å²) < 4.78 is 10.5. The van der Waals surface area contributed by atoms with Gasteiger partial charge in [-0.15, -0.1) is 0 Å². The normalized spacial score (nSPS) is 11.7. The number of nitrogens with one attached hydrogen (secondary N) is 1. The minimum Gasteiger partial charge on any atom is -0.497 e. The first-order valence-corrected chi connectivity index (χ1v) is 5.46. The molecule has 0 saturated heterocycles. The molecular formula is C12H18N2O3. The lowest BCUT2D eigenvalue weighted by atomic mass is 10.3. The van der Waals surface area contributed by atoms with Crippen LogP contribution in [0.25, 0.3) is 0 Å². The van der Waals surface area contributed by atoms with Crippen LogP contribution in [0.2, 0.25) is 0 Å². The van der Waals surface area contributed by atoms with Gasteiger partial charge in [0, 0.05) is 19.2 Å². The fourth-order valence-electron chi connectivity index (χ4n) is 1.27. The van der Waals surface area contributed by atoms with Crippen molar-refractivity contribution in [3.63, 3.8) is 0 Å². The molecular weight excluding hydrogens is 220 g/mol. The number of hydrogen-bond acceptors (Lipinski definition) is 4. The lowest BCUT2D eigenvalue weighted by molar-refractivity contribution is -0.127. The number of benzene rings is 1. The van der Waals surface area contributed by atoms with Gasteiger partial charge < -0.3 is 20.5 Å². The first-order chi connectivity index (χ1) is 8.17. The van der Waals surface area contributed by atoms with Gasteiger partial charge in [0.1, 0.15) is 11.5 Å². The Morgan fingerprint density at radius 2 is 2.18 bits per heavy atom. The summed E-state index contributed by atoms with van der Waals surface area (Å²) in [5.41, 5.74) is 5.30. The van der Waals surface area contributed by atoms with Crippen LogP contribution >= 0.6 is 0 Å². The Morgan fingerprint density at radius 3 is 2.82 bits per heavy atom. The van der Waals surface area contributed by atoms with Crippen LogP contribution in [0.5, 0.6) is 11.5 Å². The maximum atomic E-state index is 11.5. The van der Waals surface area contributed by atoms with Crippen molar-refractivity contribution in [3.8, 4) is 11.5 Å². The molecule has 1 amide bonds. The predicted molar refractivity (Wildman–Crippen MR) is 65.1 cm³/mol. The molecule has 94 valence electrons. The van der Waals surface area contributed by atoms with E-state index in [1.54, 1.807) is 32.2 Å². The first-order valence-electron chi connectivity index (χ1n) is 5.46. The highest BCUT2D eigenvalue weighted by Gasteiger charge is 2.13. The van der Waals surface area contributed by atoms with Gasteiger partial charge in [0.05, 0.1) is 7.11 Å². The van der Waals surface area contributed by atoms with E-state index in [0.717, 1.165) is 0 Å². The molecule has 1 aromatic rings. The lowest BCUT2D eigenvalue weighted by Gasteiger charge is -2.14. The molecule has 0 bridgehead atoms. The van der Waals surface area contributed by atoms with Crippen molar-refractivity contribution < 1.29 is 14.3 Å². The summed E-state index contributed by atoms with van der Waals surface area (Å²) in [5, 5.41) is 2.66. The van der Waals surface area contributed by atoms with Crippen molar-refractivity contribution >= 4 is 5.91 Å². The topological polar surface area (TPSA) is 73.6 Å². The van der Waals surface area contributed by atoms with E-state index in [1.807, 2.05) is 6.07 Å². The fourth-order valence-corrected chi connectivity index (χ4v) is 1.27. The second kappa shape index (κ2) is 6.75. The third-order valence-electron chi connectivity index (χ3n) is 2.17. The molecule has 1 aromatic carbocycles. The minimum absolute atomic E-state index is 0.182. The molecule has 1 unspecified atom stereocenters. The smallest absolute Gasteiger partial charge is 0.260 e. The summed E-state index contributed by atoms with van der Waals surface area (Å²) >= 11 is 0. The summed E-state index contributed by atoms with van der Waals surface area (Å²) in [7, 11) is 1.58. The number of amides is 1. The van der Waals surface area contributed by atoms with E-state index < -0.39 is 6.10 Å². The number of carbonyl (C=O) groups excluding carboxylic acids is 1. The van der Waals surface area contributed by atoms with E-state index in [9.17, 15) is 4.79 Å². The Bertz CT molecular complexity index is 369. The molecule has 5 heteroatoms. The number of carbonyl (C=O) groups is 1. The first kappa shape index (κ1) is 13.3. The number of hydrogen-bond donors (Lipinski definition) is 2. The van der Waals surface area contributed by atoms with Gasteiger partial charge in [0.25, 0.3) is 5.91 Å². The van der Waals surface area contributed by atoms with Crippen LogP contribution in [0.4, 0.5) is 0 Å². The molecule has 0 heterocycles. The highest BCUT2D eigenvalue weighted by atomic mass is 16.5. The summed E-state index contributed by atoms with van der Waals surface area (Å²) in [6.45, 7) is 2.55. The van der Waals surface area contributed by atoms with Gasteiger partial charge in [-0.25, -0.2) is 0 Å². The number of methoxy groups -OCH3 is 1. The molecule has 0 aromatic heterocycles. The van der Waals surface area contributed by atoms with Gasteiger partial charge >= 0.3 is 0 Å². The zero-order chi connectivity index (χ0) is 12.7. The summed E-state index contributed by atoms with van der Waals surface area (Å²) in [6.07, 6.45) is -0.561. The predicted octanol–water partition coefficient (Wildman–Crippen LogP) is 0.537. The molecule has 3 N–H and O–H groups in total. The van der Waals surface area contributed by atoms with Crippen molar-refractivity contribution in [2.45, 2.75) is 13.0 Å². The van der Waals surface area contributed by atoms with Crippen LogP contribution in [-0.4, -0.2) is 32.2 Å². The molecule has 0 fully saturated rings. The van der Waals surface area contributed by atoms with E-state index >= 15 is 0 Å². The Labute approximate surface area is 101 Å². The second-order valence-corrected chi connectivity index (χ2v) is 3.52. The molecule has 0 aliphatic rings. The van der Waals surface area contributed by atoms with Gasteiger partial charge in [-0.2, -0.15) is 0 Å². The quantitative estimate of drug-likeness (QED) is 0.758. The van der Waals surface area contributed by atoms with E-state index in [2.05, 4.69) is 5.32 Å². The van der Waals surface area contributed by atoms with E-state index in [4.69, 9.17) is 15.2 Å². The van der Waals surface area contributed by atoms with Crippen LogP contribution in [0.15, 0.2) is 24.3 Å². The highest BCUT2D eigenvalue weighted by molar-refractivity contribution is 5.80. The van der Waals surface area contributed by atoms with Crippen LogP contribution in [0.3, 0.4) is 0 Å².